The number of rotatable bonds is 6. The Hall–Kier alpha value is -3.61. The molecule has 7 heteroatoms. The van der Waals surface area contributed by atoms with Gasteiger partial charge in [-0.2, -0.15) is 0 Å². The number of carbonyl (C=O) groups is 1. The Morgan fingerprint density at radius 1 is 1.03 bits per heavy atom. The van der Waals surface area contributed by atoms with Crippen molar-refractivity contribution in [1.82, 2.24) is 4.57 Å². The van der Waals surface area contributed by atoms with Crippen molar-refractivity contribution < 1.29 is 9.18 Å². The number of hydrogen-bond donors (Lipinski definition) is 3. The minimum Gasteiger partial charge on any atom is -0.384 e. The number of pyridine rings is 1. The van der Waals surface area contributed by atoms with Crippen molar-refractivity contribution in [3.05, 3.63) is 70.9 Å². The van der Waals surface area contributed by atoms with Gasteiger partial charge in [0.05, 0.1) is 0 Å². The first-order valence-electron chi connectivity index (χ1n) is 9.26. The van der Waals surface area contributed by atoms with Crippen molar-refractivity contribution >= 4 is 28.7 Å². The molecule has 1 amide bonds. The SMILES string of the molecule is CCC(=O)Nc1ccc(Nc2ccc(F)cc2)c(-c2cc(NC)c(=O)n(C)c2)c1. The van der Waals surface area contributed by atoms with Crippen LogP contribution in [0.25, 0.3) is 11.1 Å². The Morgan fingerprint density at radius 3 is 2.38 bits per heavy atom. The zero-order valence-corrected chi connectivity index (χ0v) is 16.5. The van der Waals surface area contributed by atoms with Gasteiger partial charge < -0.3 is 20.5 Å². The Kier molecular flexibility index (Phi) is 5.97. The van der Waals surface area contributed by atoms with Gasteiger partial charge in [-0.3, -0.25) is 9.59 Å². The number of halogens is 1. The maximum atomic E-state index is 13.2. The molecule has 0 radical (unpaired) electrons. The van der Waals surface area contributed by atoms with Gasteiger partial charge >= 0.3 is 0 Å². The van der Waals surface area contributed by atoms with Gasteiger partial charge in [-0.05, 0) is 48.5 Å². The summed E-state index contributed by atoms with van der Waals surface area (Å²) >= 11 is 0. The largest absolute Gasteiger partial charge is 0.384 e. The van der Waals surface area contributed by atoms with Crippen molar-refractivity contribution in [1.29, 1.82) is 0 Å². The van der Waals surface area contributed by atoms with Gasteiger partial charge in [-0.1, -0.05) is 6.92 Å². The fourth-order valence-corrected chi connectivity index (χ4v) is 2.95. The van der Waals surface area contributed by atoms with E-state index < -0.39 is 0 Å². The van der Waals surface area contributed by atoms with Crippen LogP contribution in [0.5, 0.6) is 0 Å². The second-order valence-electron chi connectivity index (χ2n) is 6.60. The first-order chi connectivity index (χ1) is 13.9. The number of benzene rings is 2. The maximum Gasteiger partial charge on any atom is 0.273 e. The van der Waals surface area contributed by atoms with Gasteiger partial charge in [-0.25, -0.2) is 4.39 Å². The third-order valence-corrected chi connectivity index (χ3v) is 4.51. The Balaban J connectivity index is 2.11. The third-order valence-electron chi connectivity index (χ3n) is 4.51. The molecule has 0 aliphatic rings. The quantitative estimate of drug-likeness (QED) is 0.582. The smallest absolute Gasteiger partial charge is 0.273 e. The number of hydrogen-bond acceptors (Lipinski definition) is 4. The Bertz CT molecular complexity index is 1090. The minimum absolute atomic E-state index is 0.0911. The highest BCUT2D eigenvalue weighted by molar-refractivity contribution is 5.93. The summed E-state index contributed by atoms with van der Waals surface area (Å²) in [6.07, 6.45) is 2.11. The molecule has 0 saturated carbocycles. The molecule has 3 aromatic rings. The van der Waals surface area contributed by atoms with E-state index in [9.17, 15) is 14.0 Å². The Labute approximate surface area is 168 Å². The first-order valence-corrected chi connectivity index (χ1v) is 9.26. The van der Waals surface area contributed by atoms with Crippen molar-refractivity contribution in [2.45, 2.75) is 13.3 Å². The van der Waals surface area contributed by atoms with Crippen LogP contribution in [0.2, 0.25) is 0 Å². The molecule has 0 saturated heterocycles. The number of aryl methyl sites for hydroxylation is 1. The number of anilines is 4. The second-order valence-corrected chi connectivity index (χ2v) is 6.60. The number of aromatic nitrogens is 1. The molecular formula is C22H23FN4O2. The summed E-state index contributed by atoms with van der Waals surface area (Å²) in [5.74, 6) is -0.406. The standard InChI is InChI=1S/C22H23FN4O2/c1-4-21(28)26-17-9-10-19(25-16-7-5-15(23)6-8-16)18(12-17)14-11-20(24-2)22(29)27(3)13-14/h5-13,24-25H,4H2,1-3H3,(H,26,28). The third kappa shape index (κ3) is 4.63. The molecule has 0 atom stereocenters. The van der Waals surface area contributed by atoms with E-state index in [4.69, 9.17) is 0 Å². The lowest BCUT2D eigenvalue weighted by molar-refractivity contribution is -0.115. The normalized spacial score (nSPS) is 10.5. The maximum absolute atomic E-state index is 13.2. The van der Waals surface area contributed by atoms with E-state index in [0.717, 1.165) is 22.5 Å². The van der Waals surface area contributed by atoms with Crippen LogP contribution in [-0.4, -0.2) is 17.5 Å². The van der Waals surface area contributed by atoms with Gasteiger partial charge in [0, 0.05) is 54.9 Å². The molecule has 3 N–H and O–H groups in total. The molecule has 0 bridgehead atoms. The van der Waals surface area contributed by atoms with Crippen LogP contribution in [0.15, 0.2) is 59.5 Å². The molecule has 0 aliphatic heterocycles. The minimum atomic E-state index is -0.315. The van der Waals surface area contributed by atoms with E-state index in [1.54, 1.807) is 51.5 Å². The molecule has 6 nitrogen and oxygen atoms in total. The van der Waals surface area contributed by atoms with Gasteiger partial charge in [0.2, 0.25) is 5.91 Å². The van der Waals surface area contributed by atoms with Crippen LogP contribution in [0, 0.1) is 5.82 Å². The summed E-state index contributed by atoms with van der Waals surface area (Å²) < 4.78 is 14.7. The monoisotopic (exact) mass is 394 g/mol. The molecule has 29 heavy (non-hydrogen) atoms. The average Bonchev–Trinajstić information content (AvgIpc) is 2.72. The fraction of sp³-hybridized carbons (Fsp3) is 0.182. The van der Waals surface area contributed by atoms with E-state index in [0.29, 0.717) is 17.8 Å². The topological polar surface area (TPSA) is 75.2 Å². The van der Waals surface area contributed by atoms with Crippen LogP contribution in [0.1, 0.15) is 13.3 Å². The second kappa shape index (κ2) is 8.60. The zero-order chi connectivity index (χ0) is 21.0. The molecule has 0 spiro atoms. The summed E-state index contributed by atoms with van der Waals surface area (Å²) in [7, 11) is 3.37. The zero-order valence-electron chi connectivity index (χ0n) is 16.5. The summed E-state index contributed by atoms with van der Waals surface area (Å²) in [6, 6.07) is 13.3. The summed E-state index contributed by atoms with van der Waals surface area (Å²) in [6.45, 7) is 1.78. The summed E-state index contributed by atoms with van der Waals surface area (Å²) in [5, 5.41) is 9.04. The van der Waals surface area contributed by atoms with Crippen LogP contribution < -0.4 is 21.5 Å². The average molecular weight is 394 g/mol. The van der Waals surface area contributed by atoms with Crippen molar-refractivity contribution in [2.24, 2.45) is 7.05 Å². The van der Waals surface area contributed by atoms with E-state index in [1.165, 1.54) is 16.7 Å². The molecule has 0 aliphatic carbocycles. The number of amides is 1. The van der Waals surface area contributed by atoms with Crippen LogP contribution in [-0.2, 0) is 11.8 Å². The van der Waals surface area contributed by atoms with Crippen molar-refractivity contribution in [3.8, 4) is 11.1 Å². The highest BCUT2D eigenvalue weighted by Gasteiger charge is 2.12. The molecule has 1 aromatic heterocycles. The van der Waals surface area contributed by atoms with E-state index >= 15 is 0 Å². The van der Waals surface area contributed by atoms with Crippen LogP contribution >= 0.6 is 0 Å². The molecule has 3 rings (SSSR count). The van der Waals surface area contributed by atoms with E-state index in [-0.39, 0.29) is 17.3 Å². The number of nitrogens with zero attached hydrogens (tertiary/aromatic N) is 1. The molecule has 150 valence electrons. The fourth-order valence-electron chi connectivity index (χ4n) is 2.95. The highest BCUT2D eigenvalue weighted by Crippen LogP contribution is 2.33. The molecule has 2 aromatic carbocycles. The van der Waals surface area contributed by atoms with Crippen LogP contribution in [0.3, 0.4) is 0 Å². The highest BCUT2D eigenvalue weighted by atomic mass is 19.1. The summed E-state index contributed by atoms with van der Waals surface area (Å²) in [5.41, 5.74) is 4.02. The van der Waals surface area contributed by atoms with E-state index in [1.807, 2.05) is 12.1 Å². The van der Waals surface area contributed by atoms with Crippen molar-refractivity contribution in [2.75, 3.05) is 23.0 Å². The number of nitrogens with one attached hydrogen (secondary N) is 3. The predicted octanol–water partition coefficient (Wildman–Crippen LogP) is 4.33. The Morgan fingerprint density at radius 2 is 1.72 bits per heavy atom. The van der Waals surface area contributed by atoms with Gasteiger partial charge in [-0.15, -0.1) is 0 Å². The van der Waals surface area contributed by atoms with E-state index in [2.05, 4.69) is 16.0 Å². The van der Waals surface area contributed by atoms with Gasteiger partial charge in [0.25, 0.3) is 5.56 Å². The molecular weight excluding hydrogens is 371 g/mol. The molecule has 0 unspecified atom stereocenters. The lowest BCUT2D eigenvalue weighted by atomic mass is 10.0. The predicted molar refractivity (Wildman–Crippen MR) is 115 cm³/mol. The lowest BCUT2D eigenvalue weighted by Crippen LogP contribution is -2.19. The molecule has 1 heterocycles. The van der Waals surface area contributed by atoms with Gasteiger partial charge in [0.1, 0.15) is 11.5 Å². The number of carbonyl (C=O) groups excluding carboxylic acids is 1. The lowest BCUT2D eigenvalue weighted by Gasteiger charge is -2.16. The first kappa shape index (κ1) is 20.1. The molecule has 0 fully saturated rings. The van der Waals surface area contributed by atoms with Gasteiger partial charge in [0.15, 0.2) is 0 Å². The summed E-state index contributed by atoms with van der Waals surface area (Å²) in [4.78, 5) is 24.1. The van der Waals surface area contributed by atoms with Crippen molar-refractivity contribution in [3.63, 3.8) is 0 Å². The van der Waals surface area contributed by atoms with Crippen LogP contribution in [0.4, 0.5) is 27.1 Å².